The Hall–Kier alpha value is -2.25. The van der Waals surface area contributed by atoms with E-state index in [1.165, 1.54) is 18.3 Å². The number of hydrogen-bond donors (Lipinski definition) is 1. The van der Waals surface area contributed by atoms with Gasteiger partial charge in [0, 0.05) is 24.0 Å². The molecule has 0 aliphatic rings. The van der Waals surface area contributed by atoms with Crippen molar-refractivity contribution >= 4 is 0 Å². The fourth-order valence-corrected chi connectivity index (χ4v) is 1.82. The van der Waals surface area contributed by atoms with E-state index in [4.69, 9.17) is 11.0 Å². The molecule has 18 heavy (non-hydrogen) atoms. The van der Waals surface area contributed by atoms with E-state index in [1.807, 2.05) is 13.0 Å². The summed E-state index contributed by atoms with van der Waals surface area (Å²) in [5.74, 6) is -0.336. The van der Waals surface area contributed by atoms with Crippen molar-refractivity contribution in [1.29, 1.82) is 5.26 Å². The maximum Gasteiger partial charge on any atom is 0.123 e. The van der Waals surface area contributed by atoms with Crippen LogP contribution in [0.2, 0.25) is 0 Å². The van der Waals surface area contributed by atoms with Crippen LogP contribution in [0.3, 0.4) is 0 Å². The quantitative estimate of drug-likeness (QED) is 0.879. The SMILES string of the molecule is CC(N)c1ccc(F)cc1-c1cncc(C#N)c1. The molecule has 0 saturated heterocycles. The first-order chi connectivity index (χ1) is 8.61. The molecular formula is C14H12FN3. The van der Waals surface area contributed by atoms with E-state index < -0.39 is 0 Å². The van der Waals surface area contributed by atoms with Crippen LogP contribution in [0.5, 0.6) is 0 Å². The van der Waals surface area contributed by atoms with Gasteiger partial charge in [-0.1, -0.05) is 6.07 Å². The molecular weight excluding hydrogens is 229 g/mol. The summed E-state index contributed by atoms with van der Waals surface area (Å²) in [6, 6.07) is 7.92. The van der Waals surface area contributed by atoms with E-state index >= 15 is 0 Å². The Morgan fingerprint density at radius 2 is 2.11 bits per heavy atom. The van der Waals surface area contributed by atoms with E-state index in [9.17, 15) is 4.39 Å². The molecule has 0 bridgehead atoms. The number of rotatable bonds is 2. The minimum Gasteiger partial charge on any atom is -0.324 e. The van der Waals surface area contributed by atoms with Gasteiger partial charge in [0.1, 0.15) is 11.9 Å². The largest absolute Gasteiger partial charge is 0.324 e. The van der Waals surface area contributed by atoms with E-state index in [1.54, 1.807) is 18.3 Å². The molecule has 0 fully saturated rings. The third-order valence-electron chi connectivity index (χ3n) is 2.68. The molecule has 2 N–H and O–H groups in total. The van der Waals surface area contributed by atoms with Crippen molar-refractivity contribution in [2.24, 2.45) is 5.73 Å². The molecule has 0 aliphatic heterocycles. The number of benzene rings is 1. The third-order valence-corrected chi connectivity index (χ3v) is 2.68. The molecule has 2 aromatic rings. The van der Waals surface area contributed by atoms with Gasteiger partial charge >= 0.3 is 0 Å². The smallest absolute Gasteiger partial charge is 0.123 e. The lowest BCUT2D eigenvalue weighted by Gasteiger charge is -2.13. The summed E-state index contributed by atoms with van der Waals surface area (Å²) in [5.41, 5.74) is 8.50. The molecule has 0 saturated carbocycles. The second-order valence-corrected chi connectivity index (χ2v) is 4.09. The van der Waals surface area contributed by atoms with Gasteiger partial charge in [-0.2, -0.15) is 5.26 Å². The molecule has 1 unspecified atom stereocenters. The molecule has 3 nitrogen and oxygen atoms in total. The molecule has 4 heteroatoms. The number of pyridine rings is 1. The fraction of sp³-hybridized carbons (Fsp3) is 0.143. The van der Waals surface area contributed by atoms with Gasteiger partial charge in [-0.15, -0.1) is 0 Å². The first kappa shape index (κ1) is 12.2. The van der Waals surface area contributed by atoms with Crippen LogP contribution in [-0.4, -0.2) is 4.98 Å². The molecule has 1 atom stereocenters. The highest BCUT2D eigenvalue weighted by Crippen LogP contribution is 2.28. The van der Waals surface area contributed by atoms with Crippen LogP contribution in [0.1, 0.15) is 24.1 Å². The summed E-state index contributed by atoms with van der Waals surface area (Å²) >= 11 is 0. The zero-order valence-electron chi connectivity index (χ0n) is 9.89. The number of halogens is 1. The van der Waals surface area contributed by atoms with Crippen LogP contribution >= 0.6 is 0 Å². The first-order valence-corrected chi connectivity index (χ1v) is 5.52. The molecule has 0 spiro atoms. The highest BCUT2D eigenvalue weighted by atomic mass is 19.1. The minimum atomic E-state index is -0.336. The minimum absolute atomic E-state index is 0.216. The summed E-state index contributed by atoms with van der Waals surface area (Å²) in [6.07, 6.45) is 3.07. The second kappa shape index (κ2) is 4.94. The number of nitriles is 1. The Kier molecular flexibility index (Phi) is 3.35. The lowest BCUT2D eigenvalue weighted by atomic mass is 9.96. The highest BCUT2D eigenvalue weighted by molar-refractivity contribution is 5.68. The molecule has 0 aliphatic carbocycles. The van der Waals surface area contributed by atoms with Gasteiger partial charge in [-0.3, -0.25) is 4.98 Å². The van der Waals surface area contributed by atoms with Crippen molar-refractivity contribution < 1.29 is 4.39 Å². The monoisotopic (exact) mass is 241 g/mol. The van der Waals surface area contributed by atoms with E-state index in [0.29, 0.717) is 16.7 Å². The Morgan fingerprint density at radius 1 is 1.33 bits per heavy atom. The Morgan fingerprint density at radius 3 is 2.78 bits per heavy atom. The lowest BCUT2D eigenvalue weighted by molar-refractivity contribution is 0.626. The van der Waals surface area contributed by atoms with Crippen molar-refractivity contribution in [3.05, 3.63) is 53.6 Å². The summed E-state index contributed by atoms with van der Waals surface area (Å²) in [6.45, 7) is 1.83. The summed E-state index contributed by atoms with van der Waals surface area (Å²) in [5, 5.41) is 8.85. The molecule has 2 rings (SSSR count). The van der Waals surface area contributed by atoms with E-state index in [0.717, 1.165) is 5.56 Å². The Balaban J connectivity index is 2.62. The zero-order valence-corrected chi connectivity index (χ0v) is 9.89. The number of aromatic nitrogens is 1. The Labute approximate surface area is 105 Å². The van der Waals surface area contributed by atoms with Crippen LogP contribution in [0.15, 0.2) is 36.7 Å². The van der Waals surface area contributed by atoms with Crippen molar-refractivity contribution in [3.8, 4) is 17.2 Å². The summed E-state index contributed by atoms with van der Waals surface area (Å²) < 4.78 is 13.4. The number of nitrogens with two attached hydrogens (primary N) is 1. The summed E-state index contributed by atoms with van der Waals surface area (Å²) in [4.78, 5) is 3.98. The zero-order chi connectivity index (χ0) is 13.1. The highest BCUT2D eigenvalue weighted by Gasteiger charge is 2.11. The van der Waals surface area contributed by atoms with Crippen molar-refractivity contribution in [2.75, 3.05) is 0 Å². The lowest BCUT2D eigenvalue weighted by Crippen LogP contribution is -2.07. The van der Waals surface area contributed by atoms with Gasteiger partial charge in [0.2, 0.25) is 0 Å². The van der Waals surface area contributed by atoms with Crippen molar-refractivity contribution in [2.45, 2.75) is 13.0 Å². The van der Waals surface area contributed by atoms with Crippen LogP contribution in [0, 0.1) is 17.1 Å². The molecule has 0 amide bonds. The Bertz CT molecular complexity index is 615. The molecule has 1 aromatic carbocycles. The van der Waals surface area contributed by atoms with Crippen molar-refractivity contribution in [1.82, 2.24) is 4.98 Å². The van der Waals surface area contributed by atoms with Crippen LogP contribution < -0.4 is 5.73 Å². The van der Waals surface area contributed by atoms with Crippen LogP contribution in [-0.2, 0) is 0 Å². The normalized spacial score (nSPS) is 11.9. The van der Waals surface area contributed by atoms with Gasteiger partial charge in [0.25, 0.3) is 0 Å². The van der Waals surface area contributed by atoms with Crippen LogP contribution in [0.4, 0.5) is 4.39 Å². The van der Waals surface area contributed by atoms with Crippen molar-refractivity contribution in [3.63, 3.8) is 0 Å². The van der Waals surface area contributed by atoms with Crippen LogP contribution in [0.25, 0.3) is 11.1 Å². The van der Waals surface area contributed by atoms with Gasteiger partial charge < -0.3 is 5.73 Å². The number of nitrogens with zero attached hydrogens (tertiary/aromatic N) is 2. The summed E-state index contributed by atoms with van der Waals surface area (Å²) in [7, 11) is 0. The second-order valence-electron chi connectivity index (χ2n) is 4.09. The predicted octanol–water partition coefficient (Wildman–Crippen LogP) is 2.78. The standard InChI is InChI=1S/C14H12FN3/c1-9(17)13-3-2-12(15)5-14(13)11-4-10(6-16)7-18-8-11/h2-5,7-9H,17H2,1H3. The van der Waals surface area contributed by atoms with Gasteiger partial charge in [-0.05, 0) is 36.2 Å². The molecule has 90 valence electrons. The fourth-order valence-electron chi connectivity index (χ4n) is 1.82. The third kappa shape index (κ3) is 2.36. The molecule has 1 heterocycles. The van der Waals surface area contributed by atoms with Gasteiger partial charge in [0.15, 0.2) is 0 Å². The number of hydrogen-bond acceptors (Lipinski definition) is 3. The molecule has 1 aromatic heterocycles. The first-order valence-electron chi connectivity index (χ1n) is 5.52. The molecule has 0 radical (unpaired) electrons. The van der Waals surface area contributed by atoms with Gasteiger partial charge in [0.05, 0.1) is 5.56 Å². The van der Waals surface area contributed by atoms with E-state index in [-0.39, 0.29) is 11.9 Å². The van der Waals surface area contributed by atoms with Gasteiger partial charge in [-0.25, -0.2) is 4.39 Å². The maximum atomic E-state index is 13.4. The maximum absolute atomic E-state index is 13.4. The average Bonchev–Trinajstić information content (AvgIpc) is 2.38. The average molecular weight is 241 g/mol. The van der Waals surface area contributed by atoms with E-state index in [2.05, 4.69) is 4.98 Å². The topological polar surface area (TPSA) is 62.7 Å². The predicted molar refractivity (Wildman–Crippen MR) is 66.9 cm³/mol.